The van der Waals surface area contributed by atoms with Crippen molar-refractivity contribution in [2.45, 2.75) is 11.3 Å². The molecule has 0 heterocycles. The number of carbonyl (C=O) groups is 1. The highest BCUT2D eigenvalue weighted by atomic mass is 32.2. The molecule has 10 nitrogen and oxygen atoms in total. The largest absolute Gasteiger partial charge is 0.385 e. The monoisotopic (exact) mass is 407 g/mol. The molecule has 28 heavy (non-hydrogen) atoms. The Morgan fingerprint density at radius 3 is 2.18 bits per heavy atom. The van der Waals surface area contributed by atoms with E-state index < -0.39 is 14.9 Å². The summed E-state index contributed by atoms with van der Waals surface area (Å²) in [6, 6.07) is 11.7. The Morgan fingerprint density at radius 2 is 1.61 bits per heavy atom. The number of primary sulfonamides is 1. The quantitative estimate of drug-likeness (QED) is 0.262. The molecule has 0 aliphatic rings. The number of anilines is 2. The van der Waals surface area contributed by atoms with Crippen molar-refractivity contribution < 1.29 is 18.1 Å². The summed E-state index contributed by atoms with van der Waals surface area (Å²) in [4.78, 5) is 22.0. The average molecular weight is 407 g/mol. The topological polar surface area (TPSA) is 156 Å². The number of hydrogen-bond acceptors (Lipinski definition) is 7. The fourth-order valence-electron chi connectivity index (χ4n) is 2.28. The second kappa shape index (κ2) is 9.78. The summed E-state index contributed by atoms with van der Waals surface area (Å²) in [6.45, 7) is 1.34. The highest BCUT2D eigenvalue weighted by molar-refractivity contribution is 7.89. The molecule has 0 atom stereocenters. The van der Waals surface area contributed by atoms with E-state index in [0.717, 1.165) is 12.1 Å². The second-order valence-corrected chi connectivity index (χ2v) is 7.44. The number of amides is 1. The third-order valence-corrected chi connectivity index (χ3v) is 4.62. The molecule has 0 bridgehead atoms. The van der Waals surface area contributed by atoms with Crippen molar-refractivity contribution in [3.63, 3.8) is 0 Å². The number of nitrogens with one attached hydrogen (secondary N) is 3. The molecule has 2 aromatic rings. The van der Waals surface area contributed by atoms with Crippen LogP contribution in [0.1, 0.15) is 6.42 Å². The van der Waals surface area contributed by atoms with E-state index in [-0.39, 0.29) is 23.0 Å². The maximum Gasteiger partial charge on any atom is 0.269 e. The smallest absolute Gasteiger partial charge is 0.269 e. The number of non-ortho nitro benzene ring substituents is 1. The van der Waals surface area contributed by atoms with Crippen molar-refractivity contribution in [1.82, 2.24) is 5.32 Å². The molecule has 0 aliphatic heterocycles. The van der Waals surface area contributed by atoms with Crippen LogP contribution in [0.4, 0.5) is 17.1 Å². The number of nitrogens with zero attached hydrogens (tertiary/aromatic N) is 1. The van der Waals surface area contributed by atoms with Crippen molar-refractivity contribution in [3.05, 3.63) is 58.6 Å². The van der Waals surface area contributed by atoms with Crippen LogP contribution in [-0.4, -0.2) is 38.9 Å². The van der Waals surface area contributed by atoms with Gasteiger partial charge in [-0.15, -0.1) is 0 Å². The summed E-state index contributed by atoms with van der Waals surface area (Å²) in [6.07, 6.45) is 0.743. The van der Waals surface area contributed by atoms with Crippen LogP contribution in [-0.2, 0) is 14.8 Å². The van der Waals surface area contributed by atoms with Gasteiger partial charge in [-0.2, -0.15) is 0 Å². The molecule has 2 rings (SSSR count). The van der Waals surface area contributed by atoms with Gasteiger partial charge in [0.15, 0.2) is 0 Å². The van der Waals surface area contributed by atoms with E-state index >= 15 is 0 Å². The third kappa shape index (κ3) is 6.95. The Balaban J connectivity index is 1.62. The Morgan fingerprint density at radius 1 is 1.00 bits per heavy atom. The highest BCUT2D eigenvalue weighted by Gasteiger charge is 2.08. The first-order valence-electron chi connectivity index (χ1n) is 8.37. The van der Waals surface area contributed by atoms with Crippen LogP contribution < -0.4 is 21.1 Å². The fraction of sp³-hybridized carbons (Fsp3) is 0.235. The van der Waals surface area contributed by atoms with E-state index in [2.05, 4.69) is 16.0 Å². The predicted molar refractivity (Wildman–Crippen MR) is 106 cm³/mol. The van der Waals surface area contributed by atoms with E-state index in [1.165, 1.54) is 36.4 Å². The van der Waals surface area contributed by atoms with Gasteiger partial charge >= 0.3 is 0 Å². The minimum absolute atomic E-state index is 0.0239. The molecule has 0 radical (unpaired) electrons. The van der Waals surface area contributed by atoms with Crippen LogP contribution >= 0.6 is 0 Å². The molecule has 1 amide bonds. The summed E-state index contributed by atoms with van der Waals surface area (Å²) in [5.74, 6) is -0.258. The molecular formula is C17H21N5O5S. The lowest BCUT2D eigenvalue weighted by atomic mass is 10.3. The first kappa shape index (κ1) is 21.3. The van der Waals surface area contributed by atoms with Gasteiger partial charge in [0.05, 0.1) is 16.4 Å². The zero-order chi connectivity index (χ0) is 20.6. The number of nitro groups is 1. The summed E-state index contributed by atoms with van der Waals surface area (Å²) >= 11 is 0. The Hall–Kier alpha value is -3.02. The van der Waals surface area contributed by atoms with Gasteiger partial charge in [-0.05, 0) is 49.4 Å². The maximum atomic E-state index is 11.8. The highest BCUT2D eigenvalue weighted by Crippen LogP contribution is 2.15. The zero-order valence-corrected chi connectivity index (χ0v) is 15.7. The summed E-state index contributed by atoms with van der Waals surface area (Å²) in [5, 5.41) is 24.4. The van der Waals surface area contributed by atoms with Gasteiger partial charge in [0.1, 0.15) is 0 Å². The predicted octanol–water partition coefficient (Wildman–Crippen LogP) is 1.27. The Bertz CT molecular complexity index is 914. The molecular weight excluding hydrogens is 386 g/mol. The summed E-state index contributed by atoms with van der Waals surface area (Å²) in [7, 11) is -3.76. The van der Waals surface area contributed by atoms with E-state index in [4.69, 9.17) is 5.14 Å². The van der Waals surface area contributed by atoms with Crippen LogP contribution in [0.25, 0.3) is 0 Å². The van der Waals surface area contributed by atoms with Gasteiger partial charge in [0, 0.05) is 30.1 Å². The molecule has 0 fully saturated rings. The first-order chi connectivity index (χ1) is 13.3. The van der Waals surface area contributed by atoms with Crippen LogP contribution in [0.15, 0.2) is 53.4 Å². The average Bonchev–Trinajstić information content (AvgIpc) is 2.64. The van der Waals surface area contributed by atoms with Crippen molar-refractivity contribution in [2.75, 3.05) is 30.3 Å². The maximum absolute atomic E-state index is 11.8. The SMILES string of the molecule is NS(=O)(=O)c1ccc(NC(=O)CNCCCNc2ccc([N+](=O)[O-])cc2)cc1. The van der Waals surface area contributed by atoms with Gasteiger partial charge in [0.2, 0.25) is 15.9 Å². The van der Waals surface area contributed by atoms with Gasteiger partial charge in [-0.3, -0.25) is 14.9 Å². The summed E-state index contributed by atoms with van der Waals surface area (Å²) < 4.78 is 22.3. The normalized spacial score (nSPS) is 11.0. The zero-order valence-electron chi connectivity index (χ0n) is 14.9. The van der Waals surface area contributed by atoms with Crippen molar-refractivity contribution >= 4 is 33.0 Å². The van der Waals surface area contributed by atoms with E-state index in [1.807, 2.05) is 0 Å². The van der Waals surface area contributed by atoms with Gasteiger partial charge in [-0.25, -0.2) is 13.6 Å². The summed E-state index contributed by atoms with van der Waals surface area (Å²) in [5.41, 5.74) is 1.29. The third-order valence-electron chi connectivity index (χ3n) is 3.69. The standard InChI is InChI=1S/C17H21N5O5S/c18-28(26,27)16-8-4-14(5-9-16)21-17(23)12-19-10-1-11-20-13-2-6-15(7-3-13)22(24)25/h2-9,19-20H,1,10-12H2,(H,21,23)(H2,18,26,27). The molecule has 0 unspecified atom stereocenters. The number of nitrogens with two attached hydrogens (primary N) is 1. The van der Waals surface area contributed by atoms with Crippen molar-refractivity contribution in [1.29, 1.82) is 0 Å². The molecule has 11 heteroatoms. The Labute approximate surface area is 162 Å². The van der Waals surface area contributed by atoms with Crippen LogP contribution in [0.3, 0.4) is 0 Å². The van der Waals surface area contributed by atoms with Gasteiger partial charge in [0.25, 0.3) is 5.69 Å². The molecule has 0 saturated heterocycles. The fourth-order valence-corrected chi connectivity index (χ4v) is 2.80. The number of benzene rings is 2. The minimum Gasteiger partial charge on any atom is -0.385 e. The molecule has 2 aromatic carbocycles. The number of rotatable bonds is 10. The van der Waals surface area contributed by atoms with Crippen LogP contribution in [0.5, 0.6) is 0 Å². The molecule has 0 spiro atoms. The van der Waals surface area contributed by atoms with Gasteiger partial charge in [-0.1, -0.05) is 0 Å². The molecule has 0 saturated carbocycles. The number of hydrogen-bond donors (Lipinski definition) is 4. The molecule has 5 N–H and O–H groups in total. The minimum atomic E-state index is -3.76. The lowest BCUT2D eigenvalue weighted by Crippen LogP contribution is -2.29. The van der Waals surface area contributed by atoms with E-state index in [0.29, 0.717) is 18.8 Å². The van der Waals surface area contributed by atoms with Gasteiger partial charge < -0.3 is 16.0 Å². The number of nitro benzene ring substituents is 1. The molecule has 0 aliphatic carbocycles. The lowest BCUT2D eigenvalue weighted by Gasteiger charge is -2.08. The van der Waals surface area contributed by atoms with E-state index in [1.54, 1.807) is 12.1 Å². The van der Waals surface area contributed by atoms with E-state index in [9.17, 15) is 23.3 Å². The molecule has 0 aromatic heterocycles. The Kier molecular flexibility index (Phi) is 7.44. The second-order valence-electron chi connectivity index (χ2n) is 5.88. The first-order valence-corrected chi connectivity index (χ1v) is 9.92. The van der Waals surface area contributed by atoms with Crippen molar-refractivity contribution in [3.8, 4) is 0 Å². The lowest BCUT2D eigenvalue weighted by molar-refractivity contribution is -0.384. The number of carbonyl (C=O) groups excluding carboxylic acids is 1. The van der Waals surface area contributed by atoms with Crippen LogP contribution in [0, 0.1) is 10.1 Å². The van der Waals surface area contributed by atoms with Crippen LogP contribution in [0.2, 0.25) is 0 Å². The molecule has 150 valence electrons. The van der Waals surface area contributed by atoms with Crippen molar-refractivity contribution in [2.24, 2.45) is 5.14 Å². The number of sulfonamides is 1.